The molecule has 0 amide bonds. The molecule has 0 aromatic carbocycles. The van der Waals surface area contributed by atoms with Crippen molar-refractivity contribution in [2.24, 2.45) is 0 Å². The van der Waals surface area contributed by atoms with Gasteiger partial charge in [0, 0.05) is 17.8 Å². The number of pyridine rings is 1. The average molecular weight is 177 g/mol. The number of aliphatic hydroxyl groups excluding tert-OH is 1. The second-order valence-electron chi connectivity index (χ2n) is 3.87. The van der Waals surface area contributed by atoms with Crippen LogP contribution >= 0.6 is 0 Å². The van der Waals surface area contributed by atoms with Crippen LogP contribution in [0.2, 0.25) is 0 Å². The lowest BCUT2D eigenvalue weighted by molar-refractivity contribution is 0.162. The molecule has 1 N–H and O–H groups in total. The fourth-order valence-electron chi connectivity index (χ4n) is 1.98. The topological polar surface area (TPSA) is 33.1 Å². The SMILES string of the molecule is Cc1ccc(C2CCCC2O)nc1. The van der Waals surface area contributed by atoms with E-state index in [0.717, 1.165) is 25.0 Å². The Morgan fingerprint density at radius 2 is 2.23 bits per heavy atom. The van der Waals surface area contributed by atoms with Gasteiger partial charge in [0.25, 0.3) is 0 Å². The molecule has 2 heteroatoms. The fraction of sp³-hybridized carbons (Fsp3) is 0.545. The van der Waals surface area contributed by atoms with Gasteiger partial charge in [-0.25, -0.2) is 0 Å². The quantitative estimate of drug-likeness (QED) is 0.712. The highest BCUT2D eigenvalue weighted by Gasteiger charge is 2.27. The maximum atomic E-state index is 9.67. The van der Waals surface area contributed by atoms with Crippen LogP contribution in [0.5, 0.6) is 0 Å². The standard InChI is InChI=1S/C11H15NO/c1-8-5-6-10(12-7-8)9-3-2-4-11(9)13/h5-7,9,11,13H,2-4H2,1H3. The molecule has 1 aromatic heterocycles. The first-order valence-corrected chi connectivity index (χ1v) is 4.88. The summed E-state index contributed by atoms with van der Waals surface area (Å²) in [7, 11) is 0. The minimum Gasteiger partial charge on any atom is -0.392 e. The number of hydrogen-bond donors (Lipinski definition) is 1. The fourth-order valence-corrected chi connectivity index (χ4v) is 1.98. The van der Waals surface area contributed by atoms with Crippen molar-refractivity contribution in [3.05, 3.63) is 29.6 Å². The van der Waals surface area contributed by atoms with E-state index in [4.69, 9.17) is 0 Å². The lowest BCUT2D eigenvalue weighted by Crippen LogP contribution is -2.12. The van der Waals surface area contributed by atoms with Gasteiger partial charge in [0.2, 0.25) is 0 Å². The molecule has 13 heavy (non-hydrogen) atoms. The second kappa shape index (κ2) is 3.46. The van der Waals surface area contributed by atoms with Crippen LogP contribution in [0.15, 0.2) is 18.3 Å². The summed E-state index contributed by atoms with van der Waals surface area (Å²) in [5.74, 6) is 0.278. The van der Waals surface area contributed by atoms with Gasteiger partial charge in [0.05, 0.1) is 6.10 Å². The Kier molecular flexibility index (Phi) is 2.32. The normalized spacial score (nSPS) is 27.8. The Morgan fingerprint density at radius 3 is 2.77 bits per heavy atom. The highest BCUT2D eigenvalue weighted by atomic mass is 16.3. The van der Waals surface area contributed by atoms with Crippen LogP contribution < -0.4 is 0 Å². The van der Waals surface area contributed by atoms with Crippen LogP contribution in [-0.2, 0) is 0 Å². The van der Waals surface area contributed by atoms with Crippen molar-refractivity contribution < 1.29 is 5.11 Å². The Bertz CT molecular complexity index is 281. The lowest BCUT2D eigenvalue weighted by atomic mass is 10.0. The van der Waals surface area contributed by atoms with Crippen molar-refractivity contribution in [3.8, 4) is 0 Å². The first kappa shape index (κ1) is 8.70. The van der Waals surface area contributed by atoms with Gasteiger partial charge in [-0.1, -0.05) is 12.5 Å². The van der Waals surface area contributed by atoms with Crippen molar-refractivity contribution in [1.29, 1.82) is 0 Å². The van der Waals surface area contributed by atoms with E-state index < -0.39 is 0 Å². The van der Waals surface area contributed by atoms with E-state index in [0.29, 0.717) is 0 Å². The number of hydrogen-bond acceptors (Lipinski definition) is 2. The molecular formula is C11H15NO. The summed E-state index contributed by atoms with van der Waals surface area (Å²) in [6.07, 6.45) is 4.84. The Hall–Kier alpha value is -0.890. The summed E-state index contributed by atoms with van der Waals surface area (Å²) in [5, 5.41) is 9.67. The highest BCUT2D eigenvalue weighted by Crippen LogP contribution is 2.33. The summed E-state index contributed by atoms with van der Waals surface area (Å²) in [6.45, 7) is 2.03. The van der Waals surface area contributed by atoms with E-state index in [-0.39, 0.29) is 12.0 Å². The summed E-state index contributed by atoms with van der Waals surface area (Å²) >= 11 is 0. The van der Waals surface area contributed by atoms with Crippen molar-refractivity contribution in [2.45, 2.75) is 38.2 Å². The summed E-state index contributed by atoms with van der Waals surface area (Å²) < 4.78 is 0. The first-order valence-electron chi connectivity index (χ1n) is 4.88. The highest BCUT2D eigenvalue weighted by molar-refractivity contribution is 5.17. The predicted molar refractivity (Wildman–Crippen MR) is 51.6 cm³/mol. The number of aromatic nitrogens is 1. The van der Waals surface area contributed by atoms with Crippen molar-refractivity contribution >= 4 is 0 Å². The molecule has 0 radical (unpaired) electrons. The molecule has 0 saturated heterocycles. The van der Waals surface area contributed by atoms with Gasteiger partial charge < -0.3 is 5.11 Å². The molecule has 2 unspecified atom stereocenters. The molecule has 0 bridgehead atoms. The summed E-state index contributed by atoms with van der Waals surface area (Å²) in [5.41, 5.74) is 2.23. The maximum absolute atomic E-state index is 9.67. The number of rotatable bonds is 1. The van der Waals surface area contributed by atoms with E-state index in [9.17, 15) is 5.11 Å². The Morgan fingerprint density at radius 1 is 1.38 bits per heavy atom. The lowest BCUT2D eigenvalue weighted by Gasteiger charge is -2.13. The monoisotopic (exact) mass is 177 g/mol. The molecule has 1 saturated carbocycles. The molecule has 2 atom stereocenters. The van der Waals surface area contributed by atoms with Gasteiger partial charge in [-0.15, -0.1) is 0 Å². The molecule has 1 heterocycles. The molecular weight excluding hydrogens is 162 g/mol. The molecule has 1 fully saturated rings. The maximum Gasteiger partial charge on any atom is 0.0623 e. The van der Waals surface area contributed by atoms with Gasteiger partial charge in [-0.2, -0.15) is 0 Å². The number of nitrogens with zero attached hydrogens (tertiary/aromatic N) is 1. The van der Waals surface area contributed by atoms with Crippen molar-refractivity contribution in [1.82, 2.24) is 4.98 Å². The minimum absolute atomic E-state index is 0.171. The van der Waals surface area contributed by atoms with E-state index >= 15 is 0 Å². The third-order valence-corrected chi connectivity index (χ3v) is 2.79. The van der Waals surface area contributed by atoms with Crippen molar-refractivity contribution in [2.75, 3.05) is 0 Å². The van der Waals surface area contributed by atoms with Crippen LogP contribution in [0.3, 0.4) is 0 Å². The van der Waals surface area contributed by atoms with E-state index in [1.807, 2.05) is 19.2 Å². The Labute approximate surface area is 78.6 Å². The van der Waals surface area contributed by atoms with Crippen LogP contribution in [-0.4, -0.2) is 16.2 Å². The molecule has 1 aromatic rings. The van der Waals surface area contributed by atoms with Crippen LogP contribution in [0.4, 0.5) is 0 Å². The average Bonchev–Trinajstić information content (AvgIpc) is 2.53. The third kappa shape index (κ3) is 1.73. The van der Waals surface area contributed by atoms with E-state index in [1.54, 1.807) is 0 Å². The smallest absolute Gasteiger partial charge is 0.0623 e. The predicted octanol–water partition coefficient (Wildman–Crippen LogP) is 2.02. The summed E-state index contributed by atoms with van der Waals surface area (Å²) in [4.78, 5) is 4.35. The van der Waals surface area contributed by atoms with Gasteiger partial charge in [0.1, 0.15) is 0 Å². The van der Waals surface area contributed by atoms with Gasteiger partial charge in [-0.3, -0.25) is 4.98 Å². The van der Waals surface area contributed by atoms with Gasteiger partial charge in [0.15, 0.2) is 0 Å². The second-order valence-corrected chi connectivity index (χ2v) is 3.87. The molecule has 1 aliphatic rings. The first-order chi connectivity index (χ1) is 6.27. The number of aryl methyl sites for hydroxylation is 1. The van der Waals surface area contributed by atoms with Crippen molar-refractivity contribution in [3.63, 3.8) is 0 Å². The van der Waals surface area contributed by atoms with Crippen LogP contribution in [0, 0.1) is 6.92 Å². The van der Waals surface area contributed by atoms with Gasteiger partial charge >= 0.3 is 0 Å². The largest absolute Gasteiger partial charge is 0.392 e. The zero-order chi connectivity index (χ0) is 9.26. The molecule has 1 aliphatic carbocycles. The third-order valence-electron chi connectivity index (χ3n) is 2.79. The summed E-state index contributed by atoms with van der Waals surface area (Å²) in [6, 6.07) is 4.10. The zero-order valence-electron chi connectivity index (χ0n) is 7.90. The van der Waals surface area contributed by atoms with Gasteiger partial charge in [-0.05, 0) is 31.4 Å². The Balaban J connectivity index is 2.20. The zero-order valence-corrected chi connectivity index (χ0v) is 7.90. The minimum atomic E-state index is -0.171. The molecule has 2 rings (SSSR count). The van der Waals surface area contributed by atoms with E-state index in [1.165, 1.54) is 5.56 Å². The van der Waals surface area contributed by atoms with Crippen LogP contribution in [0.1, 0.15) is 36.4 Å². The molecule has 2 nitrogen and oxygen atoms in total. The van der Waals surface area contributed by atoms with Crippen LogP contribution in [0.25, 0.3) is 0 Å². The molecule has 0 spiro atoms. The number of aliphatic hydroxyl groups is 1. The molecule has 0 aliphatic heterocycles. The van der Waals surface area contributed by atoms with E-state index in [2.05, 4.69) is 11.1 Å². The molecule has 70 valence electrons.